The predicted octanol–water partition coefficient (Wildman–Crippen LogP) is 1.00. The quantitative estimate of drug-likeness (QED) is 0.848. The lowest BCUT2D eigenvalue weighted by atomic mass is 10.1. The average Bonchev–Trinajstić information content (AvgIpc) is 2.79. The summed E-state index contributed by atoms with van der Waals surface area (Å²) >= 11 is 0. The number of carbonyl (C=O) groups is 1. The van der Waals surface area contributed by atoms with Gasteiger partial charge in [-0.05, 0) is 12.8 Å². The smallest absolute Gasteiger partial charge is 0.222 e. The molecule has 0 bridgehead atoms. The van der Waals surface area contributed by atoms with Crippen LogP contribution in [0.5, 0.6) is 0 Å². The van der Waals surface area contributed by atoms with Crippen LogP contribution in [0.1, 0.15) is 31.9 Å². The molecule has 5 heteroatoms. The van der Waals surface area contributed by atoms with Crippen molar-refractivity contribution in [3.05, 3.63) is 18.2 Å². The summed E-state index contributed by atoms with van der Waals surface area (Å²) in [5, 5.41) is 3.52. The second kappa shape index (κ2) is 6.00. The molecule has 1 aromatic rings. The Balaban J connectivity index is 1.84. The Kier molecular flexibility index (Phi) is 4.36. The van der Waals surface area contributed by atoms with Crippen LogP contribution in [0.3, 0.4) is 0 Å². The molecule has 0 saturated carbocycles. The third-order valence-corrected chi connectivity index (χ3v) is 3.46. The third-order valence-electron chi connectivity index (χ3n) is 3.46. The third kappa shape index (κ3) is 3.10. The molecule has 1 N–H and O–H groups in total. The normalized spacial score (nSPS) is 20.4. The number of imidazole rings is 1. The lowest BCUT2D eigenvalue weighted by Crippen LogP contribution is -2.46. The number of aryl methyl sites for hydroxylation is 1. The molecule has 1 aliphatic rings. The first-order valence-electron chi connectivity index (χ1n) is 6.67. The van der Waals surface area contributed by atoms with E-state index < -0.39 is 0 Å². The van der Waals surface area contributed by atoms with E-state index in [9.17, 15) is 4.79 Å². The number of rotatable bonds is 5. The maximum atomic E-state index is 11.4. The fourth-order valence-electron chi connectivity index (χ4n) is 2.37. The molecule has 5 nitrogen and oxygen atoms in total. The fraction of sp³-hybridized carbons (Fsp3) is 0.692. The summed E-state index contributed by atoms with van der Waals surface area (Å²) in [6, 6.07) is 0.401. The van der Waals surface area contributed by atoms with E-state index in [1.165, 1.54) is 5.69 Å². The number of amides is 1. The topological polar surface area (TPSA) is 50.2 Å². The van der Waals surface area contributed by atoms with Gasteiger partial charge in [0.1, 0.15) is 0 Å². The molecule has 1 fully saturated rings. The molecule has 1 aromatic heterocycles. The minimum Gasteiger partial charge on any atom is -0.344 e. The van der Waals surface area contributed by atoms with E-state index in [0.29, 0.717) is 12.5 Å². The summed E-state index contributed by atoms with van der Waals surface area (Å²) in [6.45, 7) is 4.81. The Morgan fingerprint density at radius 3 is 3.11 bits per heavy atom. The van der Waals surface area contributed by atoms with E-state index in [0.717, 1.165) is 32.5 Å². The summed E-state index contributed by atoms with van der Waals surface area (Å²) in [5.74, 6) is 0.254. The van der Waals surface area contributed by atoms with Gasteiger partial charge in [0.25, 0.3) is 0 Å². The van der Waals surface area contributed by atoms with Gasteiger partial charge >= 0.3 is 0 Å². The number of aromatic nitrogens is 2. The van der Waals surface area contributed by atoms with Gasteiger partial charge in [0.05, 0.1) is 12.0 Å². The monoisotopic (exact) mass is 250 g/mol. The van der Waals surface area contributed by atoms with E-state index in [4.69, 9.17) is 0 Å². The van der Waals surface area contributed by atoms with Gasteiger partial charge in [0, 0.05) is 45.3 Å². The fourth-order valence-corrected chi connectivity index (χ4v) is 2.37. The molecule has 1 atom stereocenters. The van der Waals surface area contributed by atoms with Crippen LogP contribution in [0.2, 0.25) is 0 Å². The van der Waals surface area contributed by atoms with Gasteiger partial charge < -0.3 is 14.8 Å². The van der Waals surface area contributed by atoms with E-state index >= 15 is 0 Å². The lowest BCUT2D eigenvalue weighted by Gasteiger charge is -2.30. The summed E-state index contributed by atoms with van der Waals surface area (Å²) in [7, 11) is 1.87. The molecule has 1 unspecified atom stereocenters. The van der Waals surface area contributed by atoms with Crippen LogP contribution in [0.15, 0.2) is 12.5 Å². The van der Waals surface area contributed by atoms with Crippen molar-refractivity contribution in [2.75, 3.05) is 13.6 Å². The molecular weight excluding hydrogens is 228 g/mol. The molecule has 0 aliphatic carbocycles. The number of nitrogens with zero attached hydrogens (tertiary/aromatic N) is 3. The van der Waals surface area contributed by atoms with Crippen LogP contribution in [-0.4, -0.2) is 40.0 Å². The van der Waals surface area contributed by atoms with Crippen molar-refractivity contribution in [1.29, 1.82) is 0 Å². The van der Waals surface area contributed by atoms with Crippen molar-refractivity contribution in [1.82, 2.24) is 19.8 Å². The van der Waals surface area contributed by atoms with Crippen molar-refractivity contribution in [2.45, 2.75) is 45.3 Å². The molecule has 100 valence electrons. The molecule has 0 radical (unpaired) electrons. The predicted molar refractivity (Wildman–Crippen MR) is 70.0 cm³/mol. The van der Waals surface area contributed by atoms with Crippen LogP contribution >= 0.6 is 0 Å². The molecular formula is C13H22N4O. The first-order chi connectivity index (χ1) is 8.70. The van der Waals surface area contributed by atoms with Crippen molar-refractivity contribution < 1.29 is 4.79 Å². The molecule has 1 saturated heterocycles. The number of hydrogen-bond donors (Lipinski definition) is 1. The second-order valence-corrected chi connectivity index (χ2v) is 4.97. The summed E-state index contributed by atoms with van der Waals surface area (Å²) < 4.78 is 2.19. The van der Waals surface area contributed by atoms with Crippen molar-refractivity contribution in [3.8, 4) is 0 Å². The molecule has 18 heavy (non-hydrogen) atoms. The number of piperidine rings is 1. The minimum absolute atomic E-state index is 0.254. The van der Waals surface area contributed by atoms with Gasteiger partial charge in [0.2, 0.25) is 5.91 Å². The van der Waals surface area contributed by atoms with Crippen LogP contribution in [0, 0.1) is 0 Å². The van der Waals surface area contributed by atoms with Gasteiger partial charge in [-0.25, -0.2) is 4.98 Å². The molecule has 1 aliphatic heterocycles. The lowest BCUT2D eigenvalue weighted by molar-refractivity contribution is -0.132. The number of hydrogen-bond acceptors (Lipinski definition) is 3. The van der Waals surface area contributed by atoms with Crippen molar-refractivity contribution in [3.63, 3.8) is 0 Å². The van der Waals surface area contributed by atoms with Gasteiger partial charge in [-0.3, -0.25) is 4.79 Å². The Labute approximate surface area is 108 Å². The summed E-state index contributed by atoms with van der Waals surface area (Å²) in [6.07, 6.45) is 6.51. The van der Waals surface area contributed by atoms with Gasteiger partial charge in [-0.2, -0.15) is 0 Å². The molecule has 0 aromatic carbocycles. The summed E-state index contributed by atoms with van der Waals surface area (Å²) in [5.41, 5.74) is 1.22. The van der Waals surface area contributed by atoms with Crippen LogP contribution in [0.4, 0.5) is 0 Å². The van der Waals surface area contributed by atoms with Gasteiger partial charge in [-0.15, -0.1) is 0 Å². The SMILES string of the molecule is CCCn1cncc1CNC1CCC(=O)N(C)C1. The standard InChI is InChI=1S/C13H22N4O/c1-3-6-17-10-14-7-12(17)8-15-11-4-5-13(18)16(2)9-11/h7,10-11,15H,3-6,8-9H2,1-2H3. The van der Waals surface area contributed by atoms with Gasteiger partial charge in [-0.1, -0.05) is 6.92 Å². The molecule has 2 rings (SSSR count). The summed E-state index contributed by atoms with van der Waals surface area (Å²) in [4.78, 5) is 17.4. The number of nitrogens with one attached hydrogen (secondary N) is 1. The van der Waals surface area contributed by atoms with Gasteiger partial charge in [0.15, 0.2) is 0 Å². The van der Waals surface area contributed by atoms with Crippen LogP contribution in [0.25, 0.3) is 0 Å². The minimum atomic E-state index is 0.254. The number of likely N-dealkylation sites (tertiary alicyclic amines) is 1. The molecule has 1 amide bonds. The van der Waals surface area contributed by atoms with E-state index in [-0.39, 0.29) is 5.91 Å². The second-order valence-electron chi connectivity index (χ2n) is 4.97. The van der Waals surface area contributed by atoms with E-state index in [1.807, 2.05) is 24.5 Å². The highest BCUT2D eigenvalue weighted by Gasteiger charge is 2.22. The van der Waals surface area contributed by atoms with E-state index in [1.54, 1.807) is 0 Å². The van der Waals surface area contributed by atoms with Crippen molar-refractivity contribution >= 4 is 5.91 Å². The van der Waals surface area contributed by atoms with Crippen LogP contribution < -0.4 is 5.32 Å². The average molecular weight is 250 g/mol. The highest BCUT2D eigenvalue weighted by atomic mass is 16.2. The Morgan fingerprint density at radius 1 is 1.56 bits per heavy atom. The Hall–Kier alpha value is -1.36. The zero-order valence-electron chi connectivity index (χ0n) is 11.2. The van der Waals surface area contributed by atoms with Crippen molar-refractivity contribution in [2.24, 2.45) is 0 Å². The first kappa shape index (κ1) is 13.1. The highest BCUT2D eigenvalue weighted by molar-refractivity contribution is 5.76. The first-order valence-corrected chi connectivity index (χ1v) is 6.67. The Morgan fingerprint density at radius 2 is 2.39 bits per heavy atom. The molecule has 2 heterocycles. The Bertz CT molecular complexity index is 401. The zero-order chi connectivity index (χ0) is 13.0. The van der Waals surface area contributed by atoms with Crippen LogP contribution in [-0.2, 0) is 17.9 Å². The highest BCUT2D eigenvalue weighted by Crippen LogP contribution is 2.10. The zero-order valence-corrected chi connectivity index (χ0v) is 11.2. The maximum Gasteiger partial charge on any atom is 0.222 e. The number of likely N-dealkylation sites (N-methyl/N-ethyl adjacent to an activating group) is 1. The maximum absolute atomic E-state index is 11.4. The van der Waals surface area contributed by atoms with E-state index in [2.05, 4.69) is 21.8 Å². The largest absolute Gasteiger partial charge is 0.344 e. The number of carbonyl (C=O) groups excluding carboxylic acids is 1. The molecule has 0 spiro atoms.